The number of rotatable bonds is 6. The van der Waals surface area contributed by atoms with Crippen LogP contribution in [0.3, 0.4) is 0 Å². The molecule has 57 heavy (non-hydrogen) atoms. The molecule has 4 nitrogen and oxygen atoms in total. The summed E-state index contributed by atoms with van der Waals surface area (Å²) in [6.45, 7) is 0. The van der Waals surface area contributed by atoms with E-state index in [2.05, 4.69) is 118 Å². The van der Waals surface area contributed by atoms with Gasteiger partial charge in [0.2, 0.25) is 0 Å². The van der Waals surface area contributed by atoms with E-state index in [1.54, 1.807) is 0 Å². The summed E-state index contributed by atoms with van der Waals surface area (Å²) in [5.41, 5.74) is 5.99. The number of imidazole rings is 1. The van der Waals surface area contributed by atoms with E-state index >= 15 is 4.39 Å². The molecule has 0 saturated carbocycles. The Hall–Kier alpha value is -6.54. The van der Waals surface area contributed by atoms with Crippen LogP contribution in [0.2, 0.25) is 0 Å². The van der Waals surface area contributed by atoms with Crippen LogP contribution in [0.5, 0.6) is 0 Å². The lowest BCUT2D eigenvalue weighted by atomic mass is 9.99. The molecule has 0 amide bonds. The Morgan fingerprint density at radius 3 is 2.04 bits per heavy atom. The van der Waals surface area contributed by atoms with Crippen LogP contribution in [0, 0.1) is 0 Å². The van der Waals surface area contributed by atoms with Gasteiger partial charge >= 0.3 is 0 Å². The van der Waals surface area contributed by atoms with Gasteiger partial charge in [-0.05, 0) is 80.4 Å². The molecule has 7 heteroatoms. The third kappa shape index (κ3) is 5.19. The maximum atomic E-state index is 17.0. The molecule has 0 bridgehead atoms. The Balaban J connectivity index is 1.13. The number of hydrogen-bond donors (Lipinski definition) is 0. The molecule has 1 atom stereocenters. The smallest absolute Gasteiger partial charge is 0.181 e. The number of halogens is 1. The summed E-state index contributed by atoms with van der Waals surface area (Å²) in [4.78, 5) is 12.3. The van der Waals surface area contributed by atoms with Crippen molar-refractivity contribution >= 4 is 73.4 Å². The van der Waals surface area contributed by atoms with E-state index in [1.807, 2.05) is 97.8 Å². The zero-order valence-corrected chi connectivity index (χ0v) is 32.9. The molecular weight excluding hydrogens is 736 g/mol. The molecule has 4 heterocycles. The lowest BCUT2D eigenvalue weighted by Gasteiger charge is -2.40. The molecule has 10 aromatic rings. The van der Waals surface area contributed by atoms with Crippen LogP contribution in [-0.4, -0.2) is 27.2 Å². The highest BCUT2D eigenvalue weighted by Gasteiger charge is 2.47. The summed E-state index contributed by atoms with van der Waals surface area (Å²) in [6, 6.07) is 63.8. The van der Waals surface area contributed by atoms with Gasteiger partial charge in [-0.3, -0.25) is 4.57 Å². The summed E-state index contributed by atoms with van der Waals surface area (Å²) < 4.78 is 21.3. The van der Waals surface area contributed by atoms with Crippen LogP contribution in [0.4, 0.5) is 4.39 Å². The number of aryl methyl sites for hydroxylation is 1. The van der Waals surface area contributed by atoms with Crippen molar-refractivity contribution in [2.24, 2.45) is 7.05 Å². The second-order valence-electron chi connectivity index (χ2n) is 14.7. The molecule has 1 aliphatic heterocycles. The van der Waals surface area contributed by atoms with Crippen molar-refractivity contribution in [1.82, 2.24) is 19.1 Å². The maximum absolute atomic E-state index is 17.0. The first-order chi connectivity index (χ1) is 28.1. The fourth-order valence-corrected chi connectivity index (χ4v) is 16.0. The molecule has 0 spiro atoms. The van der Waals surface area contributed by atoms with Crippen molar-refractivity contribution < 1.29 is 4.39 Å². The van der Waals surface area contributed by atoms with E-state index in [1.165, 1.54) is 30.5 Å². The fourth-order valence-electron chi connectivity index (χ4n) is 9.05. The first-order valence-corrected chi connectivity index (χ1v) is 22.0. The molecular formula is C50H35FN4SSi. The van der Waals surface area contributed by atoms with Crippen molar-refractivity contribution in [1.29, 1.82) is 0 Å². The van der Waals surface area contributed by atoms with E-state index in [0.29, 0.717) is 11.1 Å². The van der Waals surface area contributed by atoms with E-state index in [-0.39, 0.29) is 0 Å². The number of hydrogen-bond acceptors (Lipinski definition) is 3. The second-order valence-corrected chi connectivity index (χ2v) is 19.5. The lowest BCUT2D eigenvalue weighted by molar-refractivity contribution is 0.402. The highest BCUT2D eigenvalue weighted by atomic mass is 32.2. The van der Waals surface area contributed by atoms with Gasteiger partial charge in [-0.1, -0.05) is 145 Å². The topological polar surface area (TPSA) is 35.6 Å². The average molecular weight is 771 g/mol. The van der Waals surface area contributed by atoms with Gasteiger partial charge in [0.05, 0.1) is 22.1 Å². The van der Waals surface area contributed by atoms with Gasteiger partial charge in [0.1, 0.15) is 11.6 Å². The minimum absolute atomic E-state index is 0.588. The third-order valence-electron chi connectivity index (χ3n) is 11.6. The van der Waals surface area contributed by atoms with Gasteiger partial charge in [-0.15, -0.1) is 0 Å². The zero-order chi connectivity index (χ0) is 38.1. The number of alkyl halides is 1. The van der Waals surface area contributed by atoms with Gasteiger partial charge in [-0.25, -0.2) is 14.4 Å². The number of nitrogens with zero attached hydrogens (tertiary/aromatic N) is 4. The Bertz CT molecular complexity index is 3100. The molecule has 272 valence electrons. The molecule has 7 aromatic carbocycles. The molecule has 3 aromatic heterocycles. The fraction of sp³-hybridized carbons (Fsp3) is 0.0400. The maximum Gasteiger partial charge on any atom is 0.181 e. The van der Waals surface area contributed by atoms with Gasteiger partial charge in [0.25, 0.3) is 0 Å². The number of benzene rings is 7. The van der Waals surface area contributed by atoms with Gasteiger partial charge in [-0.2, -0.15) is 0 Å². The number of para-hydroxylation sites is 2. The molecule has 0 aliphatic carbocycles. The van der Waals surface area contributed by atoms with Crippen LogP contribution in [0.1, 0.15) is 17.3 Å². The Kier molecular flexibility index (Phi) is 7.88. The van der Waals surface area contributed by atoms with Gasteiger partial charge < -0.3 is 4.57 Å². The standard InChI is InChI=1S/C50H35FN4SSi/c1-54-41-22-9-8-21-40(41)53-50(54)35-16-14-15-33(29-35)49(51)34-26-27-38-39-31-47-45(32-43(39)55(42(38)30-34)48-25-12-13-28-52-48)56-44-23-10-11-24-46(44)57(47,36-17-4-2-5-18-36)37-19-6-3-7-20-37/h2-32,49H,1H3. The van der Waals surface area contributed by atoms with E-state index < -0.39 is 14.2 Å². The normalized spacial score (nSPS) is 13.8. The molecule has 1 unspecified atom stereocenters. The molecule has 1 aliphatic rings. The largest absolute Gasteiger partial charge is 0.327 e. The first-order valence-electron chi connectivity index (χ1n) is 19.2. The number of aromatic nitrogens is 4. The Labute approximate surface area is 334 Å². The van der Waals surface area contributed by atoms with Crippen LogP contribution < -0.4 is 20.7 Å². The Morgan fingerprint density at radius 2 is 1.26 bits per heavy atom. The van der Waals surface area contributed by atoms with Crippen molar-refractivity contribution in [3.63, 3.8) is 0 Å². The highest BCUT2D eigenvalue weighted by molar-refractivity contribution is 8.00. The lowest BCUT2D eigenvalue weighted by Crippen LogP contribution is -2.76. The third-order valence-corrected chi connectivity index (χ3v) is 18.0. The predicted molar refractivity (Wildman–Crippen MR) is 235 cm³/mol. The van der Waals surface area contributed by atoms with Gasteiger partial charge in [0.15, 0.2) is 14.2 Å². The number of fused-ring (bicyclic) bond motifs is 6. The predicted octanol–water partition coefficient (Wildman–Crippen LogP) is 9.63. The quantitative estimate of drug-likeness (QED) is 0.158. The zero-order valence-electron chi connectivity index (χ0n) is 31.1. The molecule has 0 saturated heterocycles. The van der Waals surface area contributed by atoms with Crippen LogP contribution >= 0.6 is 11.8 Å². The minimum Gasteiger partial charge on any atom is -0.327 e. The van der Waals surface area contributed by atoms with Gasteiger partial charge in [0, 0.05) is 39.4 Å². The summed E-state index contributed by atoms with van der Waals surface area (Å²) in [5.74, 6) is 1.61. The molecule has 0 radical (unpaired) electrons. The molecule has 11 rings (SSSR count). The summed E-state index contributed by atoms with van der Waals surface area (Å²) in [6.07, 6.45) is 0.474. The van der Waals surface area contributed by atoms with E-state index in [4.69, 9.17) is 9.97 Å². The average Bonchev–Trinajstić information content (AvgIpc) is 3.78. The van der Waals surface area contributed by atoms with Crippen molar-refractivity contribution in [2.45, 2.75) is 16.0 Å². The minimum atomic E-state index is -2.78. The summed E-state index contributed by atoms with van der Waals surface area (Å²) >= 11 is 1.84. The first kappa shape index (κ1) is 33.8. The van der Waals surface area contributed by atoms with Crippen molar-refractivity contribution in [3.05, 3.63) is 199 Å². The van der Waals surface area contributed by atoms with Crippen LogP contribution in [0.15, 0.2) is 198 Å². The number of pyridine rings is 1. The summed E-state index contributed by atoms with van der Waals surface area (Å²) in [5, 5.41) is 7.65. The Morgan fingerprint density at radius 1 is 0.561 bits per heavy atom. The van der Waals surface area contributed by atoms with Crippen LogP contribution in [0.25, 0.3) is 50.0 Å². The van der Waals surface area contributed by atoms with E-state index in [0.717, 1.165) is 50.0 Å². The van der Waals surface area contributed by atoms with Crippen molar-refractivity contribution in [2.75, 3.05) is 0 Å². The van der Waals surface area contributed by atoms with Crippen molar-refractivity contribution in [3.8, 4) is 17.2 Å². The molecule has 0 N–H and O–H groups in total. The van der Waals surface area contributed by atoms with E-state index in [9.17, 15) is 0 Å². The SMILES string of the molecule is Cn1c(-c2cccc(C(F)c3ccc4c5cc6c(cc5n(-c5ccccn5)c4c3)Sc3ccccc3[Si]6(c3ccccc3)c3ccccc3)c2)nc2ccccc21. The summed E-state index contributed by atoms with van der Waals surface area (Å²) in [7, 11) is -0.775. The second kappa shape index (κ2) is 13.3. The van der Waals surface area contributed by atoms with Crippen LogP contribution in [-0.2, 0) is 7.05 Å². The monoisotopic (exact) mass is 770 g/mol. The molecule has 0 fully saturated rings. The highest BCUT2D eigenvalue weighted by Crippen LogP contribution is 2.40.